The van der Waals surface area contributed by atoms with E-state index in [1.54, 1.807) is 23.2 Å². The molecule has 0 radical (unpaired) electrons. The minimum atomic E-state index is -0.236. The molecule has 1 aromatic heterocycles. The lowest BCUT2D eigenvalue weighted by molar-refractivity contribution is 0.0746. The van der Waals surface area contributed by atoms with Gasteiger partial charge in [0.2, 0.25) is 0 Å². The fraction of sp³-hybridized carbons (Fsp3) is 0.227. The van der Waals surface area contributed by atoms with Gasteiger partial charge in [0, 0.05) is 37.9 Å². The summed E-state index contributed by atoms with van der Waals surface area (Å²) in [7, 11) is 0. The van der Waals surface area contributed by atoms with E-state index in [1.807, 2.05) is 47.6 Å². The molecule has 0 bridgehead atoms. The van der Waals surface area contributed by atoms with Gasteiger partial charge in [0.1, 0.15) is 5.82 Å². The summed E-state index contributed by atoms with van der Waals surface area (Å²) in [5.74, 6) is -0.329. The lowest BCUT2D eigenvalue weighted by Gasteiger charge is -2.36. The van der Waals surface area contributed by atoms with Crippen molar-refractivity contribution in [1.29, 1.82) is 0 Å². The zero-order valence-electron chi connectivity index (χ0n) is 16.1. The predicted octanol–water partition coefficient (Wildman–Crippen LogP) is 3.97. The smallest absolute Gasteiger partial charge is 0.257 e. The van der Waals surface area contributed by atoms with Crippen molar-refractivity contribution in [1.82, 2.24) is 14.9 Å². The van der Waals surface area contributed by atoms with Crippen LogP contribution in [0.25, 0.3) is 11.3 Å². The van der Waals surface area contributed by atoms with Crippen molar-refractivity contribution < 1.29 is 9.18 Å². The third kappa shape index (κ3) is 4.10. The number of anilines is 1. The first kappa shape index (κ1) is 19.4. The van der Waals surface area contributed by atoms with Gasteiger partial charge in [0.15, 0.2) is 5.16 Å². The molecule has 148 valence electrons. The molecule has 0 spiro atoms. The van der Waals surface area contributed by atoms with Crippen LogP contribution in [0.5, 0.6) is 0 Å². The van der Waals surface area contributed by atoms with Crippen molar-refractivity contribution in [3.8, 4) is 11.3 Å². The van der Waals surface area contributed by atoms with Crippen LogP contribution in [-0.4, -0.2) is 53.2 Å². The Morgan fingerprint density at radius 1 is 1.00 bits per heavy atom. The standard InChI is InChI=1S/C22H21FN4OS/c1-29-22-24-15-17(20(25-22)16-7-3-2-4-8-16)21(28)27-13-11-26(12-14-27)19-10-6-5-9-18(19)23/h2-10,15H,11-14H2,1H3. The zero-order valence-corrected chi connectivity index (χ0v) is 16.9. The van der Waals surface area contributed by atoms with E-state index in [9.17, 15) is 9.18 Å². The van der Waals surface area contributed by atoms with Crippen LogP contribution < -0.4 is 4.90 Å². The van der Waals surface area contributed by atoms with E-state index in [1.165, 1.54) is 17.8 Å². The Kier molecular flexibility index (Phi) is 5.76. The first-order valence-corrected chi connectivity index (χ1v) is 10.6. The number of hydrogen-bond acceptors (Lipinski definition) is 5. The summed E-state index contributed by atoms with van der Waals surface area (Å²) in [6.07, 6.45) is 3.53. The zero-order chi connectivity index (χ0) is 20.2. The molecule has 29 heavy (non-hydrogen) atoms. The second-order valence-electron chi connectivity index (χ2n) is 6.72. The number of rotatable bonds is 4. The van der Waals surface area contributed by atoms with Crippen molar-refractivity contribution in [3.05, 3.63) is 72.2 Å². The number of nitrogens with zero attached hydrogens (tertiary/aromatic N) is 4. The molecule has 0 aliphatic carbocycles. The summed E-state index contributed by atoms with van der Waals surface area (Å²) in [4.78, 5) is 25.9. The Labute approximate surface area is 173 Å². The van der Waals surface area contributed by atoms with Crippen molar-refractivity contribution in [2.24, 2.45) is 0 Å². The van der Waals surface area contributed by atoms with E-state index in [-0.39, 0.29) is 11.7 Å². The highest BCUT2D eigenvalue weighted by atomic mass is 32.2. The average Bonchev–Trinajstić information content (AvgIpc) is 2.79. The van der Waals surface area contributed by atoms with Gasteiger partial charge >= 0.3 is 0 Å². The first-order valence-electron chi connectivity index (χ1n) is 9.42. The van der Waals surface area contributed by atoms with Gasteiger partial charge in [-0.25, -0.2) is 14.4 Å². The lowest BCUT2D eigenvalue weighted by atomic mass is 10.1. The molecule has 1 aliphatic rings. The normalized spacial score (nSPS) is 14.1. The van der Waals surface area contributed by atoms with Gasteiger partial charge in [0.05, 0.1) is 16.9 Å². The molecule has 0 unspecified atom stereocenters. The maximum Gasteiger partial charge on any atom is 0.257 e. The molecule has 7 heteroatoms. The molecule has 1 amide bonds. The highest BCUT2D eigenvalue weighted by molar-refractivity contribution is 7.98. The topological polar surface area (TPSA) is 49.3 Å². The quantitative estimate of drug-likeness (QED) is 0.483. The van der Waals surface area contributed by atoms with Gasteiger partial charge in [-0.05, 0) is 18.4 Å². The molecular weight excluding hydrogens is 387 g/mol. The van der Waals surface area contributed by atoms with E-state index < -0.39 is 0 Å². The monoisotopic (exact) mass is 408 g/mol. The minimum absolute atomic E-state index is 0.0929. The number of halogens is 1. The van der Waals surface area contributed by atoms with Crippen molar-refractivity contribution in [3.63, 3.8) is 0 Å². The molecule has 3 aromatic rings. The van der Waals surface area contributed by atoms with Gasteiger partial charge in [-0.15, -0.1) is 0 Å². The number of aromatic nitrogens is 2. The summed E-state index contributed by atoms with van der Waals surface area (Å²) >= 11 is 1.44. The maximum absolute atomic E-state index is 14.1. The van der Waals surface area contributed by atoms with Crippen LogP contribution in [0.2, 0.25) is 0 Å². The fourth-order valence-corrected chi connectivity index (χ4v) is 3.81. The Balaban J connectivity index is 1.56. The third-order valence-electron chi connectivity index (χ3n) is 4.99. The number of para-hydroxylation sites is 1. The number of carbonyl (C=O) groups is 1. The summed E-state index contributed by atoms with van der Waals surface area (Å²) in [5, 5.41) is 0.629. The number of benzene rings is 2. The van der Waals surface area contributed by atoms with Crippen molar-refractivity contribution in [2.75, 3.05) is 37.3 Å². The van der Waals surface area contributed by atoms with Gasteiger partial charge in [-0.3, -0.25) is 4.79 Å². The van der Waals surface area contributed by atoms with Crippen LogP contribution in [-0.2, 0) is 0 Å². The van der Waals surface area contributed by atoms with E-state index >= 15 is 0 Å². The molecular formula is C22H21FN4OS. The predicted molar refractivity (Wildman–Crippen MR) is 114 cm³/mol. The summed E-state index contributed by atoms with van der Waals surface area (Å²) in [6, 6.07) is 16.4. The molecule has 4 rings (SSSR count). The van der Waals surface area contributed by atoms with E-state index in [0.29, 0.717) is 48.3 Å². The third-order valence-corrected chi connectivity index (χ3v) is 5.55. The first-order chi connectivity index (χ1) is 14.2. The average molecular weight is 409 g/mol. The molecule has 2 aromatic carbocycles. The molecule has 1 aliphatic heterocycles. The highest BCUT2D eigenvalue weighted by Crippen LogP contribution is 2.26. The Hall–Kier alpha value is -2.93. The van der Waals surface area contributed by atoms with Crippen LogP contribution >= 0.6 is 11.8 Å². The van der Waals surface area contributed by atoms with Crippen molar-refractivity contribution in [2.45, 2.75) is 5.16 Å². The Morgan fingerprint density at radius 3 is 2.38 bits per heavy atom. The van der Waals surface area contributed by atoms with Crippen LogP contribution in [0.4, 0.5) is 10.1 Å². The van der Waals surface area contributed by atoms with Gasteiger partial charge in [0.25, 0.3) is 5.91 Å². The van der Waals surface area contributed by atoms with Crippen LogP contribution in [0.15, 0.2) is 66.0 Å². The maximum atomic E-state index is 14.1. The van der Waals surface area contributed by atoms with Crippen LogP contribution in [0.1, 0.15) is 10.4 Å². The Bertz CT molecular complexity index is 1010. The number of hydrogen-bond donors (Lipinski definition) is 0. The minimum Gasteiger partial charge on any atom is -0.366 e. The van der Waals surface area contributed by atoms with Gasteiger partial charge < -0.3 is 9.80 Å². The summed E-state index contributed by atoms with van der Waals surface area (Å²) < 4.78 is 14.1. The lowest BCUT2D eigenvalue weighted by Crippen LogP contribution is -2.49. The molecule has 0 saturated carbocycles. The van der Waals surface area contributed by atoms with Crippen LogP contribution in [0, 0.1) is 5.82 Å². The molecule has 0 N–H and O–H groups in total. The van der Waals surface area contributed by atoms with Gasteiger partial charge in [-0.1, -0.05) is 54.2 Å². The van der Waals surface area contributed by atoms with Crippen LogP contribution in [0.3, 0.4) is 0 Å². The number of amides is 1. The van der Waals surface area contributed by atoms with E-state index in [0.717, 1.165) is 5.56 Å². The number of piperazine rings is 1. The Morgan fingerprint density at radius 2 is 1.69 bits per heavy atom. The number of carbonyl (C=O) groups excluding carboxylic acids is 1. The second-order valence-corrected chi connectivity index (χ2v) is 7.49. The highest BCUT2D eigenvalue weighted by Gasteiger charge is 2.26. The molecule has 1 saturated heterocycles. The number of thioether (sulfide) groups is 1. The summed E-state index contributed by atoms with van der Waals surface area (Å²) in [5.41, 5.74) is 2.61. The molecule has 0 atom stereocenters. The molecule has 1 fully saturated rings. The molecule has 5 nitrogen and oxygen atoms in total. The summed E-state index contributed by atoms with van der Waals surface area (Å²) in [6.45, 7) is 2.20. The van der Waals surface area contributed by atoms with Gasteiger partial charge in [-0.2, -0.15) is 0 Å². The second kappa shape index (κ2) is 8.61. The van der Waals surface area contributed by atoms with Crippen molar-refractivity contribution >= 4 is 23.4 Å². The molecule has 2 heterocycles. The fourth-order valence-electron chi connectivity index (χ4n) is 3.47. The van der Waals surface area contributed by atoms with E-state index in [2.05, 4.69) is 9.97 Å². The van der Waals surface area contributed by atoms with E-state index in [4.69, 9.17) is 0 Å². The SMILES string of the molecule is CSc1ncc(C(=O)N2CCN(c3ccccc3F)CC2)c(-c2ccccc2)n1. The largest absolute Gasteiger partial charge is 0.366 e.